The Labute approximate surface area is 144 Å². The molecule has 25 heavy (non-hydrogen) atoms. The highest BCUT2D eigenvalue weighted by Crippen LogP contribution is 2.40. The molecule has 3 heterocycles. The molecule has 0 atom stereocenters. The third-order valence-corrected chi connectivity index (χ3v) is 4.17. The zero-order valence-electron chi connectivity index (χ0n) is 13.9. The Balaban J connectivity index is 2.08. The summed E-state index contributed by atoms with van der Waals surface area (Å²) in [7, 11) is 1.57. The largest absolute Gasteiger partial charge is 0.496 e. The van der Waals surface area contributed by atoms with E-state index >= 15 is 0 Å². The summed E-state index contributed by atoms with van der Waals surface area (Å²) >= 11 is 0. The molecule has 124 valence electrons. The number of H-pyrrole nitrogens is 1. The second-order valence-corrected chi connectivity index (χ2v) is 5.84. The first-order valence-electron chi connectivity index (χ1n) is 7.91. The van der Waals surface area contributed by atoms with Crippen molar-refractivity contribution in [2.75, 3.05) is 7.11 Å². The average molecular weight is 333 g/mol. The van der Waals surface area contributed by atoms with Crippen LogP contribution in [0.4, 0.5) is 4.39 Å². The molecule has 0 unspecified atom stereocenters. The molecule has 4 rings (SSSR count). The summed E-state index contributed by atoms with van der Waals surface area (Å²) < 4.78 is 19.4. The molecule has 0 saturated carbocycles. The van der Waals surface area contributed by atoms with Gasteiger partial charge in [0.2, 0.25) is 0 Å². The topological polar surface area (TPSA) is 50.8 Å². The quantitative estimate of drug-likeness (QED) is 0.589. The summed E-state index contributed by atoms with van der Waals surface area (Å²) in [5, 5.41) is 0.932. The molecular weight excluding hydrogens is 317 g/mol. The van der Waals surface area contributed by atoms with Crippen LogP contribution in [0.3, 0.4) is 0 Å². The Kier molecular flexibility index (Phi) is 3.69. The minimum atomic E-state index is -0.328. The third kappa shape index (κ3) is 2.63. The first kappa shape index (κ1) is 15.3. The molecule has 3 aromatic heterocycles. The fourth-order valence-electron chi connectivity index (χ4n) is 3.04. The number of aryl methyl sites for hydroxylation is 1. The molecule has 0 aliphatic heterocycles. The maximum Gasteiger partial charge on any atom is 0.138 e. The number of hydrogen-bond donors (Lipinski definition) is 1. The second-order valence-electron chi connectivity index (χ2n) is 5.84. The van der Waals surface area contributed by atoms with E-state index in [9.17, 15) is 4.39 Å². The van der Waals surface area contributed by atoms with E-state index in [2.05, 4.69) is 15.0 Å². The zero-order valence-corrected chi connectivity index (χ0v) is 13.9. The second kappa shape index (κ2) is 6.02. The molecule has 0 radical (unpaired) electrons. The Hall–Kier alpha value is -3.21. The fraction of sp³-hybridized carbons (Fsp3) is 0.100. The normalized spacial score (nSPS) is 11.0. The molecule has 0 saturated heterocycles. The minimum absolute atomic E-state index is 0.328. The molecule has 4 nitrogen and oxygen atoms in total. The number of hydrogen-bond acceptors (Lipinski definition) is 3. The molecule has 1 aromatic carbocycles. The summed E-state index contributed by atoms with van der Waals surface area (Å²) in [6.07, 6.45) is 3.49. The van der Waals surface area contributed by atoms with Gasteiger partial charge in [0, 0.05) is 28.9 Å². The summed E-state index contributed by atoms with van der Waals surface area (Å²) in [6, 6.07) is 12.3. The zero-order chi connectivity index (χ0) is 17.4. The van der Waals surface area contributed by atoms with Crippen LogP contribution in [-0.4, -0.2) is 22.1 Å². The van der Waals surface area contributed by atoms with Crippen LogP contribution in [0.1, 0.15) is 5.56 Å². The number of benzene rings is 1. The molecule has 0 amide bonds. The molecule has 1 N–H and O–H groups in total. The molecule has 0 aliphatic rings. The average Bonchev–Trinajstić information content (AvgIpc) is 3.01. The van der Waals surface area contributed by atoms with Crippen molar-refractivity contribution in [2.45, 2.75) is 6.92 Å². The number of nitrogens with zero attached hydrogens (tertiary/aromatic N) is 2. The third-order valence-electron chi connectivity index (χ3n) is 4.17. The van der Waals surface area contributed by atoms with Crippen molar-refractivity contribution >= 4 is 11.0 Å². The lowest BCUT2D eigenvalue weighted by atomic mass is 10.0. The van der Waals surface area contributed by atoms with Gasteiger partial charge in [0.25, 0.3) is 0 Å². The lowest BCUT2D eigenvalue weighted by molar-refractivity contribution is 0.415. The number of fused-ring (bicyclic) bond motifs is 1. The predicted molar refractivity (Wildman–Crippen MR) is 96.0 cm³/mol. The van der Waals surface area contributed by atoms with Gasteiger partial charge in [0.15, 0.2) is 0 Å². The molecule has 0 aliphatic carbocycles. The van der Waals surface area contributed by atoms with Gasteiger partial charge in [0.1, 0.15) is 17.2 Å². The maximum absolute atomic E-state index is 13.9. The van der Waals surface area contributed by atoms with Crippen molar-refractivity contribution in [1.29, 1.82) is 0 Å². The number of aromatic nitrogens is 3. The number of pyridine rings is 2. The highest BCUT2D eigenvalue weighted by atomic mass is 19.1. The number of rotatable bonds is 3. The maximum atomic E-state index is 13.9. The minimum Gasteiger partial charge on any atom is -0.496 e. The van der Waals surface area contributed by atoms with Crippen molar-refractivity contribution in [3.63, 3.8) is 0 Å². The first-order chi connectivity index (χ1) is 12.2. The molecule has 0 fully saturated rings. The van der Waals surface area contributed by atoms with E-state index in [0.717, 1.165) is 33.5 Å². The molecule has 5 heteroatoms. The smallest absolute Gasteiger partial charge is 0.138 e. The standard InChI is InChI=1S/C20H16FN3O/c1-12-7-9-22-16(10-12)18-14-4-3-8-23-20(14)24-19(18)15-11-13(21)5-6-17(15)25-2/h3-11H,1-2H3,(H,23,24). The fourth-order valence-corrected chi connectivity index (χ4v) is 3.04. The van der Waals surface area contributed by atoms with Crippen molar-refractivity contribution in [3.05, 3.63) is 66.2 Å². The Bertz CT molecular complexity index is 1070. The SMILES string of the molecule is COc1ccc(F)cc1-c1[nH]c2ncccc2c1-c1cc(C)ccn1. The molecule has 0 bridgehead atoms. The van der Waals surface area contributed by atoms with Crippen LogP contribution in [0.25, 0.3) is 33.5 Å². The van der Waals surface area contributed by atoms with Crippen molar-refractivity contribution in [3.8, 4) is 28.3 Å². The van der Waals surface area contributed by atoms with E-state index in [0.29, 0.717) is 11.3 Å². The van der Waals surface area contributed by atoms with Gasteiger partial charge < -0.3 is 9.72 Å². The predicted octanol–water partition coefficient (Wildman–Crippen LogP) is 4.75. The van der Waals surface area contributed by atoms with Gasteiger partial charge in [0.05, 0.1) is 18.5 Å². The summed E-state index contributed by atoms with van der Waals surface area (Å²) in [5.74, 6) is 0.257. The van der Waals surface area contributed by atoms with Crippen LogP contribution in [-0.2, 0) is 0 Å². The lowest BCUT2D eigenvalue weighted by Gasteiger charge is -2.10. The van der Waals surface area contributed by atoms with Gasteiger partial charge in [-0.05, 0) is 55.0 Å². The van der Waals surface area contributed by atoms with E-state index in [1.165, 1.54) is 12.1 Å². The van der Waals surface area contributed by atoms with E-state index in [1.807, 2.05) is 31.2 Å². The van der Waals surface area contributed by atoms with Crippen LogP contribution in [0.5, 0.6) is 5.75 Å². The Morgan fingerprint density at radius 3 is 2.72 bits per heavy atom. The Morgan fingerprint density at radius 2 is 1.92 bits per heavy atom. The Morgan fingerprint density at radius 1 is 1.04 bits per heavy atom. The van der Waals surface area contributed by atoms with Crippen LogP contribution in [0.2, 0.25) is 0 Å². The van der Waals surface area contributed by atoms with Crippen molar-refractivity contribution in [2.24, 2.45) is 0 Å². The van der Waals surface area contributed by atoms with Gasteiger partial charge >= 0.3 is 0 Å². The number of methoxy groups -OCH3 is 1. The summed E-state index contributed by atoms with van der Waals surface area (Å²) in [6.45, 7) is 2.01. The van der Waals surface area contributed by atoms with Gasteiger partial charge in [-0.3, -0.25) is 4.98 Å². The number of nitrogens with one attached hydrogen (secondary N) is 1. The highest BCUT2D eigenvalue weighted by Gasteiger charge is 2.20. The van der Waals surface area contributed by atoms with Crippen LogP contribution in [0.15, 0.2) is 54.9 Å². The van der Waals surface area contributed by atoms with Gasteiger partial charge in [-0.15, -0.1) is 0 Å². The molecule has 0 spiro atoms. The van der Waals surface area contributed by atoms with E-state index in [1.54, 1.807) is 25.6 Å². The van der Waals surface area contributed by atoms with Crippen molar-refractivity contribution in [1.82, 2.24) is 15.0 Å². The van der Waals surface area contributed by atoms with Crippen LogP contribution in [0, 0.1) is 12.7 Å². The van der Waals surface area contributed by atoms with Crippen LogP contribution >= 0.6 is 0 Å². The van der Waals surface area contributed by atoms with Gasteiger partial charge in [-0.2, -0.15) is 0 Å². The molecular formula is C20H16FN3O. The number of aromatic amines is 1. The summed E-state index contributed by atoms with van der Waals surface area (Å²) in [5.41, 5.74) is 4.89. The lowest BCUT2D eigenvalue weighted by Crippen LogP contribution is -1.92. The van der Waals surface area contributed by atoms with Gasteiger partial charge in [-0.1, -0.05) is 0 Å². The monoisotopic (exact) mass is 333 g/mol. The van der Waals surface area contributed by atoms with Crippen LogP contribution < -0.4 is 4.74 Å². The first-order valence-corrected chi connectivity index (χ1v) is 7.91. The number of ether oxygens (including phenoxy) is 1. The van der Waals surface area contributed by atoms with Gasteiger partial charge in [-0.25, -0.2) is 9.37 Å². The van der Waals surface area contributed by atoms with E-state index < -0.39 is 0 Å². The van der Waals surface area contributed by atoms with E-state index in [-0.39, 0.29) is 5.82 Å². The highest BCUT2D eigenvalue weighted by molar-refractivity contribution is 6.02. The molecule has 4 aromatic rings. The number of halogens is 1. The summed E-state index contributed by atoms with van der Waals surface area (Å²) in [4.78, 5) is 12.2. The van der Waals surface area contributed by atoms with E-state index in [4.69, 9.17) is 4.74 Å². The van der Waals surface area contributed by atoms with Crippen molar-refractivity contribution < 1.29 is 9.13 Å².